The van der Waals surface area contributed by atoms with Gasteiger partial charge in [-0.25, -0.2) is 0 Å². The van der Waals surface area contributed by atoms with Crippen molar-refractivity contribution in [3.8, 4) is 0 Å². The molecule has 0 spiro atoms. The van der Waals surface area contributed by atoms with Crippen LogP contribution in [0.15, 0.2) is 35.3 Å². The first-order valence-corrected chi connectivity index (χ1v) is 8.88. The number of aliphatic imine (C=N–C) groups is 1. The van der Waals surface area contributed by atoms with E-state index >= 15 is 0 Å². The Hall–Kier alpha value is -1.39. The van der Waals surface area contributed by atoms with Gasteiger partial charge in [-0.1, -0.05) is 18.2 Å². The molecule has 0 aliphatic carbocycles. The Labute approximate surface area is 172 Å². The monoisotopic (exact) mass is 473 g/mol. The summed E-state index contributed by atoms with van der Waals surface area (Å²) in [5.41, 5.74) is 0.804. The minimum Gasteiger partial charge on any atom is -0.379 e. The zero-order valence-electron chi connectivity index (χ0n) is 15.2. The number of halogens is 1. The topological polar surface area (TPSA) is 69.2 Å². The number of hydrogen-bond donors (Lipinski definition) is 2. The highest BCUT2D eigenvalue weighted by Gasteiger charge is 2.30. The molecule has 144 valence electrons. The van der Waals surface area contributed by atoms with Crippen molar-refractivity contribution in [1.29, 1.82) is 0 Å². The van der Waals surface area contributed by atoms with E-state index in [-0.39, 0.29) is 36.4 Å². The third kappa shape index (κ3) is 5.82. The number of nitrogens with zero attached hydrogens (tertiary/aromatic N) is 3. The van der Waals surface area contributed by atoms with Gasteiger partial charge >= 0.3 is 0 Å². The Kier molecular flexibility index (Phi) is 8.60. The van der Waals surface area contributed by atoms with Gasteiger partial charge in [-0.3, -0.25) is 14.7 Å². The maximum Gasteiger partial charge on any atom is 0.243 e. The van der Waals surface area contributed by atoms with Crippen LogP contribution in [0, 0.1) is 0 Å². The van der Waals surface area contributed by atoms with Gasteiger partial charge in [0, 0.05) is 45.0 Å². The lowest BCUT2D eigenvalue weighted by atomic mass is 10.2. The van der Waals surface area contributed by atoms with E-state index in [1.165, 1.54) is 0 Å². The van der Waals surface area contributed by atoms with Gasteiger partial charge in [0.2, 0.25) is 5.91 Å². The number of carbonyl (C=O) groups is 1. The van der Waals surface area contributed by atoms with E-state index in [4.69, 9.17) is 4.74 Å². The van der Waals surface area contributed by atoms with Crippen LogP contribution in [0.3, 0.4) is 0 Å². The number of hydrogen-bond acceptors (Lipinski definition) is 4. The molecule has 1 aromatic rings. The van der Waals surface area contributed by atoms with Gasteiger partial charge in [0.15, 0.2) is 5.96 Å². The number of carbonyl (C=O) groups excluding carboxylic acids is 1. The summed E-state index contributed by atoms with van der Waals surface area (Å²) in [6.45, 7) is 5.77. The number of anilines is 1. The van der Waals surface area contributed by atoms with Crippen molar-refractivity contribution in [2.24, 2.45) is 4.99 Å². The molecule has 0 bridgehead atoms. The largest absolute Gasteiger partial charge is 0.379 e. The Balaban J connectivity index is 0.00000243. The van der Waals surface area contributed by atoms with Crippen LogP contribution in [0.2, 0.25) is 0 Å². The summed E-state index contributed by atoms with van der Waals surface area (Å²) < 4.78 is 5.43. The third-order valence-corrected chi connectivity index (χ3v) is 4.70. The van der Waals surface area contributed by atoms with Crippen molar-refractivity contribution in [2.75, 3.05) is 58.3 Å². The number of morpholine rings is 1. The molecule has 2 aliphatic heterocycles. The molecule has 2 heterocycles. The molecular formula is C18H28IN5O2. The van der Waals surface area contributed by atoms with E-state index in [1.54, 1.807) is 7.05 Å². The standard InChI is InChI=1S/C18H27N5O2.HI/c1-19-18(20-13-17(24)21-15-5-3-2-4-6-15)23-8-7-16(14-23)22-9-11-25-12-10-22;/h2-6,16H,7-14H2,1H3,(H,19,20)(H,21,24);1H. The zero-order chi connectivity index (χ0) is 17.5. The average Bonchev–Trinajstić information content (AvgIpc) is 3.14. The molecular weight excluding hydrogens is 445 g/mol. The highest BCUT2D eigenvalue weighted by molar-refractivity contribution is 14.0. The number of para-hydroxylation sites is 1. The van der Waals surface area contributed by atoms with Gasteiger partial charge in [0.25, 0.3) is 0 Å². The van der Waals surface area contributed by atoms with Gasteiger partial charge in [0.05, 0.1) is 19.8 Å². The van der Waals surface area contributed by atoms with E-state index in [1.807, 2.05) is 30.3 Å². The first-order valence-electron chi connectivity index (χ1n) is 8.88. The number of rotatable bonds is 4. The minimum absolute atomic E-state index is 0. The lowest BCUT2D eigenvalue weighted by Crippen LogP contribution is -2.47. The summed E-state index contributed by atoms with van der Waals surface area (Å²) in [5, 5.41) is 6.05. The van der Waals surface area contributed by atoms with E-state index < -0.39 is 0 Å². The van der Waals surface area contributed by atoms with Gasteiger partial charge in [-0.2, -0.15) is 0 Å². The van der Waals surface area contributed by atoms with Crippen LogP contribution in [-0.4, -0.2) is 80.7 Å². The molecule has 0 aromatic heterocycles. The van der Waals surface area contributed by atoms with Crippen LogP contribution in [0.25, 0.3) is 0 Å². The minimum atomic E-state index is -0.0729. The molecule has 2 saturated heterocycles. The molecule has 3 rings (SSSR count). The van der Waals surface area contributed by atoms with Crippen LogP contribution in [-0.2, 0) is 9.53 Å². The second kappa shape index (κ2) is 10.7. The number of nitrogens with one attached hydrogen (secondary N) is 2. The van der Waals surface area contributed by atoms with Gasteiger partial charge in [-0.05, 0) is 18.6 Å². The van der Waals surface area contributed by atoms with Crippen molar-refractivity contribution in [2.45, 2.75) is 12.5 Å². The number of amides is 1. The maximum absolute atomic E-state index is 12.1. The fraction of sp³-hybridized carbons (Fsp3) is 0.556. The van der Waals surface area contributed by atoms with Crippen LogP contribution in [0.4, 0.5) is 5.69 Å². The summed E-state index contributed by atoms with van der Waals surface area (Å²) in [4.78, 5) is 21.2. The van der Waals surface area contributed by atoms with Crippen LogP contribution < -0.4 is 10.6 Å². The van der Waals surface area contributed by atoms with E-state index in [0.29, 0.717) is 6.04 Å². The summed E-state index contributed by atoms with van der Waals surface area (Å²) in [6, 6.07) is 10.0. The smallest absolute Gasteiger partial charge is 0.243 e. The molecule has 7 nitrogen and oxygen atoms in total. The molecule has 2 fully saturated rings. The summed E-state index contributed by atoms with van der Waals surface area (Å²) in [5.74, 6) is 0.718. The number of ether oxygens (including phenoxy) is 1. The summed E-state index contributed by atoms with van der Waals surface area (Å²) in [7, 11) is 1.76. The fourth-order valence-corrected chi connectivity index (χ4v) is 3.39. The second-order valence-corrected chi connectivity index (χ2v) is 6.35. The number of guanidine groups is 1. The quantitative estimate of drug-likeness (QED) is 0.391. The van der Waals surface area contributed by atoms with Gasteiger partial charge < -0.3 is 20.3 Å². The van der Waals surface area contributed by atoms with Gasteiger partial charge in [-0.15, -0.1) is 24.0 Å². The van der Waals surface area contributed by atoms with Crippen molar-refractivity contribution in [3.05, 3.63) is 30.3 Å². The van der Waals surface area contributed by atoms with Gasteiger partial charge in [0.1, 0.15) is 0 Å². The van der Waals surface area contributed by atoms with Crippen LogP contribution >= 0.6 is 24.0 Å². The van der Waals surface area contributed by atoms with Crippen LogP contribution in [0.1, 0.15) is 6.42 Å². The summed E-state index contributed by atoms with van der Waals surface area (Å²) in [6.07, 6.45) is 1.12. The maximum atomic E-state index is 12.1. The number of benzene rings is 1. The SMILES string of the molecule is CN=C(NCC(=O)Nc1ccccc1)N1CCC(N2CCOCC2)C1.I. The molecule has 1 atom stereocenters. The molecule has 1 unspecified atom stereocenters. The van der Waals surface area contributed by atoms with Crippen molar-refractivity contribution in [1.82, 2.24) is 15.1 Å². The second-order valence-electron chi connectivity index (χ2n) is 6.35. The highest BCUT2D eigenvalue weighted by Crippen LogP contribution is 2.17. The molecule has 0 saturated carbocycles. The summed E-state index contributed by atoms with van der Waals surface area (Å²) >= 11 is 0. The van der Waals surface area contributed by atoms with E-state index in [0.717, 1.165) is 57.5 Å². The Bertz CT molecular complexity index is 593. The van der Waals surface area contributed by atoms with Crippen LogP contribution in [0.5, 0.6) is 0 Å². The predicted molar refractivity (Wildman–Crippen MR) is 114 cm³/mol. The molecule has 26 heavy (non-hydrogen) atoms. The molecule has 2 N–H and O–H groups in total. The Morgan fingerprint density at radius 1 is 1.23 bits per heavy atom. The van der Waals surface area contributed by atoms with E-state index in [2.05, 4.69) is 25.4 Å². The van der Waals surface area contributed by atoms with Crippen molar-refractivity contribution in [3.63, 3.8) is 0 Å². The third-order valence-electron chi connectivity index (χ3n) is 4.70. The average molecular weight is 473 g/mol. The Morgan fingerprint density at radius 2 is 1.96 bits per heavy atom. The lowest BCUT2D eigenvalue weighted by Gasteiger charge is -2.32. The zero-order valence-corrected chi connectivity index (χ0v) is 17.5. The highest BCUT2D eigenvalue weighted by atomic mass is 127. The molecule has 0 radical (unpaired) electrons. The number of likely N-dealkylation sites (tertiary alicyclic amines) is 1. The van der Waals surface area contributed by atoms with Crippen molar-refractivity contribution >= 4 is 41.5 Å². The fourth-order valence-electron chi connectivity index (χ4n) is 3.39. The first kappa shape index (κ1) is 20.9. The molecule has 8 heteroatoms. The van der Waals surface area contributed by atoms with E-state index in [9.17, 15) is 4.79 Å². The Morgan fingerprint density at radius 3 is 2.65 bits per heavy atom. The molecule has 1 amide bonds. The first-order chi connectivity index (χ1) is 12.3. The lowest BCUT2D eigenvalue weighted by molar-refractivity contribution is -0.115. The van der Waals surface area contributed by atoms with Crippen molar-refractivity contribution < 1.29 is 9.53 Å². The predicted octanol–water partition coefficient (Wildman–Crippen LogP) is 1.22. The normalized spacial score (nSPS) is 21.2. The molecule has 1 aromatic carbocycles. The molecule has 2 aliphatic rings.